The summed E-state index contributed by atoms with van der Waals surface area (Å²) in [5.74, 6) is 0.555. The van der Waals surface area contributed by atoms with Gasteiger partial charge in [-0.3, -0.25) is 9.59 Å². The van der Waals surface area contributed by atoms with Crippen LogP contribution < -0.4 is 10.2 Å². The minimum absolute atomic E-state index is 0.0597. The Labute approximate surface area is 148 Å². The highest BCUT2D eigenvalue weighted by Crippen LogP contribution is 2.21. The Balaban J connectivity index is 1.55. The lowest BCUT2D eigenvalue weighted by Gasteiger charge is -2.28. The van der Waals surface area contributed by atoms with Crippen LogP contribution in [0.25, 0.3) is 0 Å². The fourth-order valence-corrected chi connectivity index (χ4v) is 3.26. The molecule has 0 unspecified atom stereocenters. The summed E-state index contributed by atoms with van der Waals surface area (Å²) < 4.78 is 5.35. The molecule has 2 aliphatic heterocycles. The van der Waals surface area contributed by atoms with Gasteiger partial charge in [0.05, 0.1) is 31.0 Å². The fourth-order valence-electron chi connectivity index (χ4n) is 3.26. The normalized spacial score (nSPS) is 21.1. The zero-order chi connectivity index (χ0) is 17.8. The standard InChI is InChI=1S/C18H26N4O3/c1-13(2)11-22-12-14(9-17(22)23)18(24)20-16-4-3-15(10-19-16)21-5-7-25-8-6-21/h3-4,10,13-14H,5-9,11-12H2,1-2H3,(H,19,20,24)/t14-/m1/s1. The highest BCUT2D eigenvalue weighted by molar-refractivity contribution is 5.96. The van der Waals surface area contributed by atoms with E-state index < -0.39 is 0 Å². The second-order valence-corrected chi connectivity index (χ2v) is 7.08. The van der Waals surface area contributed by atoms with Crippen LogP contribution in [0.5, 0.6) is 0 Å². The van der Waals surface area contributed by atoms with E-state index in [4.69, 9.17) is 4.74 Å². The molecule has 7 nitrogen and oxygen atoms in total. The first-order chi connectivity index (χ1) is 12.0. The number of nitrogens with zero attached hydrogens (tertiary/aromatic N) is 3. The maximum absolute atomic E-state index is 12.4. The van der Waals surface area contributed by atoms with Crippen LogP contribution in [-0.4, -0.2) is 61.1 Å². The van der Waals surface area contributed by atoms with Gasteiger partial charge >= 0.3 is 0 Å². The third kappa shape index (κ3) is 4.48. The molecule has 0 spiro atoms. The number of ether oxygens (including phenoxy) is 1. The summed E-state index contributed by atoms with van der Waals surface area (Å²) in [6, 6.07) is 3.77. The topological polar surface area (TPSA) is 74.8 Å². The SMILES string of the molecule is CC(C)CN1C[C@H](C(=O)Nc2ccc(N3CCOCC3)cn2)CC1=O. The van der Waals surface area contributed by atoms with Gasteiger partial charge in [-0.1, -0.05) is 13.8 Å². The largest absolute Gasteiger partial charge is 0.378 e. The molecule has 1 atom stereocenters. The van der Waals surface area contributed by atoms with Gasteiger partial charge in [0.1, 0.15) is 5.82 Å². The van der Waals surface area contributed by atoms with E-state index in [0.29, 0.717) is 24.8 Å². The zero-order valence-corrected chi connectivity index (χ0v) is 14.9. The van der Waals surface area contributed by atoms with Crippen molar-refractivity contribution < 1.29 is 14.3 Å². The second kappa shape index (κ2) is 7.82. The first-order valence-corrected chi connectivity index (χ1v) is 8.90. The molecule has 0 aromatic carbocycles. The third-order valence-corrected chi connectivity index (χ3v) is 4.55. The maximum atomic E-state index is 12.4. The number of likely N-dealkylation sites (tertiary alicyclic amines) is 1. The molecule has 25 heavy (non-hydrogen) atoms. The number of morpholine rings is 1. The number of anilines is 2. The van der Waals surface area contributed by atoms with Gasteiger partial charge in [0.15, 0.2) is 0 Å². The molecule has 0 radical (unpaired) electrons. The molecule has 136 valence electrons. The third-order valence-electron chi connectivity index (χ3n) is 4.55. The van der Waals surface area contributed by atoms with Crippen LogP contribution in [0.4, 0.5) is 11.5 Å². The van der Waals surface area contributed by atoms with E-state index >= 15 is 0 Å². The molecule has 1 aromatic rings. The van der Waals surface area contributed by atoms with E-state index in [2.05, 4.69) is 29.0 Å². The average molecular weight is 346 g/mol. The van der Waals surface area contributed by atoms with Gasteiger partial charge in [0, 0.05) is 32.6 Å². The van der Waals surface area contributed by atoms with Crippen molar-refractivity contribution in [1.82, 2.24) is 9.88 Å². The first-order valence-electron chi connectivity index (χ1n) is 8.90. The molecular weight excluding hydrogens is 320 g/mol. The minimum atomic E-state index is -0.299. The number of nitrogens with one attached hydrogen (secondary N) is 1. The summed E-state index contributed by atoms with van der Waals surface area (Å²) in [7, 11) is 0. The Kier molecular flexibility index (Phi) is 5.53. The highest BCUT2D eigenvalue weighted by Gasteiger charge is 2.34. The van der Waals surface area contributed by atoms with E-state index in [1.807, 2.05) is 12.1 Å². The zero-order valence-electron chi connectivity index (χ0n) is 14.9. The fraction of sp³-hybridized carbons (Fsp3) is 0.611. The van der Waals surface area contributed by atoms with Crippen molar-refractivity contribution in [3.05, 3.63) is 18.3 Å². The molecule has 3 rings (SSSR count). The van der Waals surface area contributed by atoms with Crippen molar-refractivity contribution in [3.8, 4) is 0 Å². The number of hydrogen-bond donors (Lipinski definition) is 1. The van der Waals surface area contributed by atoms with Gasteiger partial charge in [0.2, 0.25) is 11.8 Å². The van der Waals surface area contributed by atoms with Crippen molar-refractivity contribution >= 4 is 23.3 Å². The smallest absolute Gasteiger partial charge is 0.230 e. The van der Waals surface area contributed by atoms with Gasteiger partial charge in [-0.2, -0.15) is 0 Å². The van der Waals surface area contributed by atoms with Crippen LogP contribution in [0.2, 0.25) is 0 Å². The number of carbonyl (C=O) groups excluding carboxylic acids is 2. The van der Waals surface area contributed by atoms with Gasteiger partial charge in [-0.25, -0.2) is 4.98 Å². The van der Waals surface area contributed by atoms with Crippen molar-refractivity contribution in [2.24, 2.45) is 11.8 Å². The molecule has 2 fully saturated rings. The van der Waals surface area contributed by atoms with Crippen molar-refractivity contribution in [3.63, 3.8) is 0 Å². The average Bonchev–Trinajstić information content (AvgIpc) is 2.96. The number of hydrogen-bond acceptors (Lipinski definition) is 5. The van der Waals surface area contributed by atoms with Crippen molar-refractivity contribution in [2.45, 2.75) is 20.3 Å². The van der Waals surface area contributed by atoms with Crippen LogP contribution in [-0.2, 0) is 14.3 Å². The number of pyridine rings is 1. The second-order valence-electron chi connectivity index (χ2n) is 7.08. The Hall–Kier alpha value is -2.15. The monoisotopic (exact) mass is 346 g/mol. The van der Waals surface area contributed by atoms with E-state index in [1.54, 1.807) is 11.1 Å². The minimum Gasteiger partial charge on any atom is -0.378 e. The maximum Gasteiger partial charge on any atom is 0.230 e. The molecule has 1 aromatic heterocycles. The summed E-state index contributed by atoms with van der Waals surface area (Å²) in [4.78, 5) is 32.8. The lowest BCUT2D eigenvalue weighted by atomic mass is 10.1. The molecule has 2 amide bonds. The summed E-state index contributed by atoms with van der Waals surface area (Å²) in [6.45, 7) is 8.49. The summed E-state index contributed by atoms with van der Waals surface area (Å²) in [5, 5.41) is 2.84. The number of aromatic nitrogens is 1. The lowest BCUT2D eigenvalue weighted by molar-refractivity contribution is -0.128. The molecule has 0 aliphatic carbocycles. The van der Waals surface area contributed by atoms with Crippen LogP contribution in [0.15, 0.2) is 18.3 Å². The molecule has 2 aliphatic rings. The Morgan fingerprint density at radius 2 is 2.12 bits per heavy atom. The molecule has 3 heterocycles. The summed E-state index contributed by atoms with van der Waals surface area (Å²) in [6.07, 6.45) is 2.05. The number of amides is 2. The van der Waals surface area contributed by atoms with E-state index in [0.717, 1.165) is 32.0 Å². The van der Waals surface area contributed by atoms with E-state index in [1.165, 1.54) is 0 Å². The van der Waals surface area contributed by atoms with Crippen LogP contribution in [0, 0.1) is 11.8 Å². The van der Waals surface area contributed by atoms with Crippen LogP contribution >= 0.6 is 0 Å². The summed E-state index contributed by atoms with van der Waals surface area (Å²) >= 11 is 0. The summed E-state index contributed by atoms with van der Waals surface area (Å²) in [5.41, 5.74) is 1.03. The predicted octanol–water partition coefficient (Wildman–Crippen LogP) is 1.36. The van der Waals surface area contributed by atoms with Crippen molar-refractivity contribution in [2.75, 3.05) is 49.6 Å². The van der Waals surface area contributed by atoms with Crippen LogP contribution in [0.3, 0.4) is 0 Å². The van der Waals surface area contributed by atoms with Gasteiger partial charge in [-0.15, -0.1) is 0 Å². The Bertz CT molecular complexity index is 611. The molecule has 0 saturated carbocycles. The predicted molar refractivity (Wildman–Crippen MR) is 95.4 cm³/mol. The molecule has 7 heteroatoms. The van der Waals surface area contributed by atoms with Crippen molar-refractivity contribution in [1.29, 1.82) is 0 Å². The quantitative estimate of drug-likeness (QED) is 0.871. The molecule has 0 bridgehead atoms. The highest BCUT2D eigenvalue weighted by atomic mass is 16.5. The Morgan fingerprint density at radius 1 is 1.36 bits per heavy atom. The number of carbonyl (C=O) groups is 2. The lowest BCUT2D eigenvalue weighted by Crippen LogP contribution is -2.36. The first kappa shape index (κ1) is 17.7. The van der Waals surface area contributed by atoms with Gasteiger partial charge in [-0.05, 0) is 18.1 Å². The van der Waals surface area contributed by atoms with Gasteiger partial charge in [0.25, 0.3) is 0 Å². The van der Waals surface area contributed by atoms with Crippen LogP contribution in [0.1, 0.15) is 20.3 Å². The molecule has 2 saturated heterocycles. The molecule has 1 N–H and O–H groups in total. The van der Waals surface area contributed by atoms with Gasteiger partial charge < -0.3 is 19.9 Å². The number of rotatable bonds is 5. The van der Waals surface area contributed by atoms with E-state index in [9.17, 15) is 9.59 Å². The molecular formula is C18H26N4O3. The van der Waals surface area contributed by atoms with E-state index in [-0.39, 0.29) is 24.2 Å². The Morgan fingerprint density at radius 3 is 2.76 bits per heavy atom.